The monoisotopic (exact) mass is 286 g/mol. The first-order valence-corrected chi connectivity index (χ1v) is 6.80. The van der Waals surface area contributed by atoms with Crippen molar-refractivity contribution in [2.24, 2.45) is 11.3 Å². The zero-order chi connectivity index (χ0) is 15.9. The van der Waals surface area contributed by atoms with E-state index < -0.39 is 17.5 Å². The van der Waals surface area contributed by atoms with Crippen LogP contribution in [0.2, 0.25) is 0 Å². The minimum absolute atomic E-state index is 0.0934. The molecule has 116 valence electrons. The predicted octanol–water partition coefficient (Wildman–Crippen LogP) is 2.08. The van der Waals surface area contributed by atoms with Crippen molar-refractivity contribution >= 4 is 11.9 Å². The molecule has 5 heteroatoms. The molecular formula is C15H26O5. The van der Waals surface area contributed by atoms with Crippen molar-refractivity contribution in [2.75, 3.05) is 13.2 Å². The van der Waals surface area contributed by atoms with Crippen LogP contribution >= 0.6 is 0 Å². The van der Waals surface area contributed by atoms with E-state index in [-0.39, 0.29) is 18.5 Å². The highest BCUT2D eigenvalue weighted by atomic mass is 16.5. The molecule has 0 spiro atoms. The van der Waals surface area contributed by atoms with Crippen molar-refractivity contribution in [3.05, 3.63) is 11.6 Å². The smallest absolute Gasteiger partial charge is 0.333 e. The van der Waals surface area contributed by atoms with Crippen LogP contribution < -0.4 is 0 Å². The molecule has 0 amide bonds. The van der Waals surface area contributed by atoms with Crippen LogP contribution in [0.1, 0.15) is 41.5 Å². The molecule has 5 nitrogen and oxygen atoms in total. The van der Waals surface area contributed by atoms with Crippen LogP contribution in [0.3, 0.4) is 0 Å². The summed E-state index contributed by atoms with van der Waals surface area (Å²) in [4.78, 5) is 23.0. The standard InChI is InChI=1S/C15H26O5/c1-7-19-13(17)11(3)8-10(2)12(16)9-20-14(18)15(4,5)6/h8,10,12,16H,7,9H2,1-6H3/b11-8+/t10-,12-/m0/s1. The van der Waals surface area contributed by atoms with Gasteiger partial charge in [0.25, 0.3) is 0 Å². The van der Waals surface area contributed by atoms with Gasteiger partial charge in [0.1, 0.15) is 6.61 Å². The van der Waals surface area contributed by atoms with E-state index in [1.54, 1.807) is 47.6 Å². The van der Waals surface area contributed by atoms with Crippen LogP contribution in [-0.2, 0) is 19.1 Å². The summed E-state index contributed by atoms with van der Waals surface area (Å²) < 4.78 is 9.90. The first kappa shape index (κ1) is 18.6. The lowest BCUT2D eigenvalue weighted by Crippen LogP contribution is -2.30. The average Bonchev–Trinajstić information content (AvgIpc) is 2.34. The van der Waals surface area contributed by atoms with Crippen molar-refractivity contribution < 1.29 is 24.2 Å². The van der Waals surface area contributed by atoms with Crippen LogP contribution in [0.4, 0.5) is 0 Å². The Morgan fingerprint density at radius 3 is 2.25 bits per heavy atom. The summed E-state index contributed by atoms with van der Waals surface area (Å²) in [5.41, 5.74) is -0.167. The van der Waals surface area contributed by atoms with Gasteiger partial charge in [0.15, 0.2) is 0 Å². The first-order valence-electron chi connectivity index (χ1n) is 6.80. The Hall–Kier alpha value is -1.36. The molecule has 0 aromatic carbocycles. The molecular weight excluding hydrogens is 260 g/mol. The maximum Gasteiger partial charge on any atom is 0.333 e. The van der Waals surface area contributed by atoms with Crippen LogP contribution in [-0.4, -0.2) is 36.4 Å². The summed E-state index contributed by atoms with van der Waals surface area (Å²) in [5.74, 6) is -1.08. The van der Waals surface area contributed by atoms with Crippen LogP contribution in [0.5, 0.6) is 0 Å². The van der Waals surface area contributed by atoms with Gasteiger partial charge in [-0.2, -0.15) is 0 Å². The quantitative estimate of drug-likeness (QED) is 0.598. The van der Waals surface area contributed by atoms with Gasteiger partial charge in [0.05, 0.1) is 18.1 Å². The number of rotatable bonds is 6. The van der Waals surface area contributed by atoms with Gasteiger partial charge in [-0.3, -0.25) is 4.79 Å². The summed E-state index contributed by atoms with van der Waals surface area (Å²) in [6.45, 7) is 10.6. The fraction of sp³-hybridized carbons (Fsp3) is 0.733. The molecule has 0 aromatic heterocycles. The van der Waals surface area contributed by atoms with E-state index in [9.17, 15) is 14.7 Å². The number of ether oxygens (including phenoxy) is 2. The number of carbonyl (C=O) groups excluding carboxylic acids is 2. The van der Waals surface area contributed by atoms with Gasteiger partial charge in [-0.1, -0.05) is 13.0 Å². The van der Waals surface area contributed by atoms with E-state index in [0.29, 0.717) is 12.2 Å². The summed E-state index contributed by atoms with van der Waals surface area (Å²) in [7, 11) is 0. The van der Waals surface area contributed by atoms with Crippen molar-refractivity contribution in [3.63, 3.8) is 0 Å². The highest BCUT2D eigenvalue weighted by molar-refractivity contribution is 5.87. The predicted molar refractivity (Wildman–Crippen MR) is 76.0 cm³/mol. The van der Waals surface area contributed by atoms with Crippen molar-refractivity contribution in [1.29, 1.82) is 0 Å². The number of hydrogen-bond acceptors (Lipinski definition) is 5. The van der Waals surface area contributed by atoms with Crippen molar-refractivity contribution in [3.8, 4) is 0 Å². The summed E-state index contributed by atoms with van der Waals surface area (Å²) in [6, 6.07) is 0. The second kappa shape index (κ2) is 8.04. The highest BCUT2D eigenvalue weighted by Crippen LogP contribution is 2.16. The normalized spacial score (nSPS) is 15.4. The molecule has 20 heavy (non-hydrogen) atoms. The van der Waals surface area contributed by atoms with E-state index in [1.165, 1.54) is 0 Å². The summed E-state index contributed by atoms with van der Waals surface area (Å²) >= 11 is 0. The third-order valence-electron chi connectivity index (χ3n) is 2.71. The lowest BCUT2D eigenvalue weighted by atomic mass is 9.97. The molecule has 0 saturated carbocycles. The number of aliphatic hydroxyl groups excluding tert-OH is 1. The second-order valence-corrected chi connectivity index (χ2v) is 5.85. The highest BCUT2D eigenvalue weighted by Gasteiger charge is 2.25. The lowest BCUT2D eigenvalue weighted by molar-refractivity contribution is -0.156. The number of esters is 2. The molecule has 0 bridgehead atoms. The Kier molecular flexibility index (Phi) is 7.50. The Morgan fingerprint density at radius 1 is 1.25 bits per heavy atom. The van der Waals surface area contributed by atoms with Crippen molar-refractivity contribution in [2.45, 2.75) is 47.6 Å². The number of hydrogen-bond donors (Lipinski definition) is 1. The maximum absolute atomic E-state index is 11.6. The Bertz CT molecular complexity index is 365. The van der Waals surface area contributed by atoms with Gasteiger partial charge in [-0.25, -0.2) is 4.79 Å². The summed E-state index contributed by atoms with van der Waals surface area (Å²) in [5, 5.41) is 9.92. The minimum Gasteiger partial charge on any atom is -0.463 e. The molecule has 0 aliphatic carbocycles. The number of aliphatic hydroxyl groups is 1. The fourth-order valence-electron chi connectivity index (χ4n) is 1.35. The molecule has 0 saturated heterocycles. The Labute approximate surface area is 121 Å². The van der Waals surface area contributed by atoms with Crippen molar-refractivity contribution in [1.82, 2.24) is 0 Å². The Morgan fingerprint density at radius 2 is 1.80 bits per heavy atom. The van der Waals surface area contributed by atoms with Gasteiger partial charge >= 0.3 is 11.9 Å². The second-order valence-electron chi connectivity index (χ2n) is 5.85. The summed E-state index contributed by atoms with van der Waals surface area (Å²) in [6.07, 6.45) is 0.763. The number of carbonyl (C=O) groups is 2. The van der Waals surface area contributed by atoms with Gasteiger partial charge in [0, 0.05) is 11.5 Å². The van der Waals surface area contributed by atoms with Gasteiger partial charge in [-0.05, 0) is 34.6 Å². The third-order valence-corrected chi connectivity index (χ3v) is 2.71. The molecule has 0 fully saturated rings. The molecule has 0 rings (SSSR count). The first-order chi connectivity index (χ1) is 9.09. The largest absolute Gasteiger partial charge is 0.463 e. The van der Waals surface area contributed by atoms with Gasteiger partial charge in [-0.15, -0.1) is 0 Å². The minimum atomic E-state index is -0.856. The van der Waals surface area contributed by atoms with E-state index >= 15 is 0 Å². The molecule has 0 aliphatic heterocycles. The average molecular weight is 286 g/mol. The van der Waals surface area contributed by atoms with E-state index in [2.05, 4.69) is 0 Å². The van der Waals surface area contributed by atoms with Crippen LogP contribution in [0.15, 0.2) is 11.6 Å². The maximum atomic E-state index is 11.6. The fourth-order valence-corrected chi connectivity index (χ4v) is 1.35. The molecule has 0 unspecified atom stereocenters. The van der Waals surface area contributed by atoms with E-state index in [0.717, 1.165) is 0 Å². The van der Waals surface area contributed by atoms with E-state index in [1.807, 2.05) is 0 Å². The zero-order valence-corrected chi connectivity index (χ0v) is 13.2. The molecule has 2 atom stereocenters. The molecule has 0 aromatic rings. The van der Waals surface area contributed by atoms with E-state index in [4.69, 9.17) is 9.47 Å². The third kappa shape index (κ3) is 6.70. The van der Waals surface area contributed by atoms with Crippen LogP contribution in [0.25, 0.3) is 0 Å². The molecule has 0 aliphatic rings. The molecule has 1 N–H and O–H groups in total. The van der Waals surface area contributed by atoms with Gasteiger partial charge in [0.2, 0.25) is 0 Å². The topological polar surface area (TPSA) is 72.8 Å². The Balaban J connectivity index is 4.42. The SMILES string of the molecule is CCOC(=O)/C(C)=C/[C@H](C)[C@@H](O)COC(=O)C(C)(C)C. The van der Waals surface area contributed by atoms with Gasteiger partial charge < -0.3 is 14.6 Å². The molecule has 0 radical (unpaired) electrons. The van der Waals surface area contributed by atoms with Crippen LogP contribution in [0, 0.1) is 11.3 Å². The lowest BCUT2D eigenvalue weighted by Gasteiger charge is -2.20. The molecule has 0 heterocycles. The zero-order valence-electron chi connectivity index (χ0n) is 13.2.